The molecule has 1 aromatic heterocycles. The molecule has 1 aliphatic rings. The van der Waals surface area contributed by atoms with Crippen LogP contribution in [0, 0.1) is 0 Å². The lowest BCUT2D eigenvalue weighted by Crippen LogP contribution is -2.31. The minimum absolute atomic E-state index is 0.206. The van der Waals surface area contributed by atoms with E-state index in [-0.39, 0.29) is 13.0 Å². The summed E-state index contributed by atoms with van der Waals surface area (Å²) in [6, 6.07) is 1.20. The van der Waals surface area contributed by atoms with Crippen LogP contribution in [-0.4, -0.2) is 45.1 Å². The first-order chi connectivity index (χ1) is 9.53. The van der Waals surface area contributed by atoms with Crippen molar-refractivity contribution < 1.29 is 14.9 Å². The van der Waals surface area contributed by atoms with Crippen molar-refractivity contribution in [2.24, 2.45) is 5.73 Å². The Morgan fingerprint density at radius 2 is 2.25 bits per heavy atom. The van der Waals surface area contributed by atoms with Crippen LogP contribution in [0.2, 0.25) is 0 Å². The largest absolute Gasteiger partial charge is 0.394 e. The highest BCUT2D eigenvalue weighted by molar-refractivity contribution is 4.88. The fourth-order valence-corrected chi connectivity index (χ4v) is 1.70. The summed E-state index contributed by atoms with van der Waals surface area (Å²) in [5, 5.41) is 18.4. The van der Waals surface area contributed by atoms with Gasteiger partial charge in [-0.2, -0.15) is 0 Å². The van der Waals surface area contributed by atoms with E-state index in [1.165, 1.54) is 16.8 Å². The Morgan fingerprint density at radius 3 is 2.70 bits per heavy atom. The molecular weight excluding hydrogens is 266 g/mol. The molecule has 2 heterocycles. The molecule has 5 N–H and O–H groups in total. The van der Waals surface area contributed by atoms with Gasteiger partial charge in [-0.05, 0) is 0 Å². The Hall–Kier alpha value is -1.74. The molecule has 20 heavy (non-hydrogen) atoms. The van der Waals surface area contributed by atoms with Gasteiger partial charge in [0.25, 0.3) is 5.56 Å². The molecule has 1 unspecified atom stereocenters. The molecule has 8 heteroatoms. The molecule has 112 valence electrons. The molecule has 0 amide bonds. The van der Waals surface area contributed by atoms with Gasteiger partial charge in [-0.1, -0.05) is 6.08 Å². The van der Waals surface area contributed by atoms with Gasteiger partial charge >= 0.3 is 5.69 Å². The minimum atomic E-state index is -0.811. The first-order valence-corrected chi connectivity index (χ1v) is 6.10. The average Bonchev–Trinajstić information content (AvgIpc) is 2.80. The van der Waals surface area contributed by atoms with Gasteiger partial charge in [-0.3, -0.25) is 14.3 Å². The normalized spacial score (nSPS) is 24.9. The number of H-pyrrole nitrogens is 1. The third kappa shape index (κ3) is 4.14. The lowest BCUT2D eigenvalue weighted by Gasteiger charge is -2.13. The molecule has 1 fully saturated rings. The second-order valence-corrected chi connectivity index (χ2v) is 4.16. The number of ether oxygens (including phenoxy) is 1. The zero-order valence-corrected chi connectivity index (χ0v) is 10.9. The first-order valence-electron chi connectivity index (χ1n) is 6.10. The Bertz CT molecular complexity index is 538. The van der Waals surface area contributed by atoms with Gasteiger partial charge in [0.1, 0.15) is 12.3 Å². The number of rotatable bonds is 3. The van der Waals surface area contributed by atoms with Gasteiger partial charge in [-0.25, -0.2) is 4.79 Å². The summed E-state index contributed by atoms with van der Waals surface area (Å²) < 4.78 is 6.45. The number of nitrogens with two attached hydrogens (primary N) is 1. The van der Waals surface area contributed by atoms with Crippen LogP contribution in [0.15, 0.2) is 34.5 Å². The Balaban J connectivity index is 0.000000444. The van der Waals surface area contributed by atoms with Gasteiger partial charge in [0.2, 0.25) is 0 Å². The third-order valence-corrected chi connectivity index (χ3v) is 2.71. The summed E-state index contributed by atoms with van der Waals surface area (Å²) in [4.78, 5) is 24.3. The number of hydrogen-bond donors (Lipinski definition) is 4. The highest BCUT2D eigenvalue weighted by Gasteiger charge is 2.34. The summed E-state index contributed by atoms with van der Waals surface area (Å²) in [5.41, 5.74) is 3.83. The Morgan fingerprint density at radius 1 is 1.60 bits per heavy atom. The van der Waals surface area contributed by atoms with Crippen LogP contribution in [0.3, 0.4) is 0 Å². The second-order valence-electron chi connectivity index (χ2n) is 4.16. The Kier molecular flexibility index (Phi) is 6.32. The van der Waals surface area contributed by atoms with Crippen molar-refractivity contribution in [1.82, 2.24) is 9.55 Å². The minimum Gasteiger partial charge on any atom is -0.394 e. The SMILES string of the molecule is C=CCN.O=c1ccn(C2C[C@H](O)[C@@H](CO)O2)c(=O)[nH]1. The summed E-state index contributed by atoms with van der Waals surface area (Å²) in [6.07, 6.45) is 1.00. The number of aromatic nitrogens is 2. The molecular formula is C12H19N3O5. The molecule has 0 spiro atoms. The lowest BCUT2D eigenvalue weighted by molar-refractivity contribution is -0.0459. The summed E-state index contributed by atoms with van der Waals surface area (Å²) in [7, 11) is 0. The number of hydrogen-bond acceptors (Lipinski definition) is 6. The van der Waals surface area contributed by atoms with Gasteiger partial charge in [-0.15, -0.1) is 6.58 Å². The van der Waals surface area contributed by atoms with Gasteiger partial charge in [0, 0.05) is 25.2 Å². The molecule has 1 saturated heterocycles. The third-order valence-electron chi connectivity index (χ3n) is 2.71. The first kappa shape index (κ1) is 16.3. The quantitative estimate of drug-likeness (QED) is 0.490. The lowest BCUT2D eigenvalue weighted by atomic mass is 10.2. The van der Waals surface area contributed by atoms with Gasteiger partial charge < -0.3 is 20.7 Å². The Labute approximate surface area is 115 Å². The van der Waals surface area contributed by atoms with Crippen LogP contribution < -0.4 is 17.0 Å². The monoisotopic (exact) mass is 285 g/mol. The van der Waals surface area contributed by atoms with Crippen LogP contribution in [-0.2, 0) is 4.74 Å². The van der Waals surface area contributed by atoms with Gasteiger partial charge in [0.15, 0.2) is 0 Å². The molecule has 0 aromatic carbocycles. The van der Waals surface area contributed by atoms with Crippen molar-refractivity contribution in [3.63, 3.8) is 0 Å². The summed E-state index contributed by atoms with van der Waals surface area (Å²) in [6.45, 7) is 3.63. The van der Waals surface area contributed by atoms with E-state index in [0.717, 1.165) is 0 Å². The number of nitrogens with zero attached hydrogens (tertiary/aromatic N) is 1. The fourth-order valence-electron chi connectivity index (χ4n) is 1.70. The standard InChI is InChI=1S/C9H12N2O5.C3H7N/c12-4-6-5(13)3-8(16-6)11-2-1-7(14)10-9(11)15;1-2-3-4/h1-2,5-6,8,12-13H,3-4H2,(H,10,14,15);2H,1,3-4H2/t5-,6+,8?;/m0./s1. The van der Waals surface area contributed by atoms with Crippen molar-refractivity contribution in [3.05, 3.63) is 45.8 Å². The van der Waals surface area contributed by atoms with E-state index in [9.17, 15) is 14.7 Å². The molecule has 0 radical (unpaired) electrons. The van der Waals surface area contributed by atoms with Crippen molar-refractivity contribution in [1.29, 1.82) is 0 Å². The maximum atomic E-state index is 11.4. The molecule has 0 saturated carbocycles. The second kappa shape index (κ2) is 7.75. The maximum Gasteiger partial charge on any atom is 0.330 e. The van der Waals surface area contributed by atoms with E-state index in [1.807, 2.05) is 0 Å². The van der Waals surface area contributed by atoms with E-state index in [4.69, 9.17) is 15.6 Å². The fraction of sp³-hybridized carbons (Fsp3) is 0.500. The smallest absolute Gasteiger partial charge is 0.330 e. The molecule has 1 aromatic rings. The number of nitrogens with one attached hydrogen (secondary N) is 1. The van der Waals surface area contributed by atoms with E-state index < -0.39 is 29.7 Å². The predicted molar refractivity (Wildman–Crippen MR) is 72.2 cm³/mol. The molecule has 1 aliphatic heterocycles. The van der Waals surface area contributed by atoms with Crippen LogP contribution in [0.25, 0.3) is 0 Å². The number of aliphatic hydroxyl groups is 2. The highest BCUT2D eigenvalue weighted by atomic mass is 16.5. The molecule has 2 rings (SSSR count). The van der Waals surface area contributed by atoms with Crippen LogP contribution in [0.1, 0.15) is 12.6 Å². The summed E-state index contributed by atoms with van der Waals surface area (Å²) in [5.74, 6) is 0. The zero-order chi connectivity index (χ0) is 15.1. The average molecular weight is 285 g/mol. The maximum absolute atomic E-state index is 11.4. The molecule has 0 aliphatic carbocycles. The van der Waals surface area contributed by atoms with E-state index >= 15 is 0 Å². The van der Waals surface area contributed by atoms with E-state index in [1.54, 1.807) is 6.08 Å². The van der Waals surface area contributed by atoms with E-state index in [2.05, 4.69) is 11.6 Å². The summed E-state index contributed by atoms with van der Waals surface area (Å²) >= 11 is 0. The van der Waals surface area contributed by atoms with Crippen LogP contribution in [0.5, 0.6) is 0 Å². The zero-order valence-electron chi connectivity index (χ0n) is 10.9. The molecule has 3 atom stereocenters. The van der Waals surface area contributed by atoms with Crippen molar-refractivity contribution in [3.8, 4) is 0 Å². The van der Waals surface area contributed by atoms with Crippen molar-refractivity contribution in [2.45, 2.75) is 24.9 Å². The molecule has 8 nitrogen and oxygen atoms in total. The van der Waals surface area contributed by atoms with Crippen molar-refractivity contribution in [2.75, 3.05) is 13.2 Å². The topological polar surface area (TPSA) is 131 Å². The van der Waals surface area contributed by atoms with Gasteiger partial charge in [0.05, 0.1) is 12.7 Å². The number of aliphatic hydroxyl groups excluding tert-OH is 2. The van der Waals surface area contributed by atoms with Crippen LogP contribution in [0.4, 0.5) is 0 Å². The molecule has 0 bridgehead atoms. The number of aromatic amines is 1. The van der Waals surface area contributed by atoms with Crippen molar-refractivity contribution >= 4 is 0 Å². The van der Waals surface area contributed by atoms with E-state index in [0.29, 0.717) is 6.54 Å². The highest BCUT2D eigenvalue weighted by Crippen LogP contribution is 2.26. The van der Waals surface area contributed by atoms with Crippen LogP contribution >= 0.6 is 0 Å². The predicted octanol–water partition coefficient (Wildman–Crippen LogP) is -1.69.